The SMILES string of the molecule is C[N+]1([O-])CCC=C(c2cnsn2)C1. The molecule has 4 nitrogen and oxygen atoms in total. The number of hydrogen-bond donors (Lipinski definition) is 0. The number of likely N-dealkylation sites (N-methyl/N-ethyl adjacent to an activating group) is 1. The Kier molecular flexibility index (Phi) is 2.15. The molecule has 1 unspecified atom stereocenters. The highest BCUT2D eigenvalue weighted by molar-refractivity contribution is 6.99. The lowest BCUT2D eigenvalue weighted by molar-refractivity contribution is -0.853. The first kappa shape index (κ1) is 8.80. The Labute approximate surface area is 81.0 Å². The summed E-state index contributed by atoms with van der Waals surface area (Å²) in [6.45, 7) is 1.19. The fourth-order valence-corrected chi connectivity index (χ4v) is 1.95. The molecule has 1 aliphatic heterocycles. The molecule has 0 saturated carbocycles. The highest BCUT2D eigenvalue weighted by Crippen LogP contribution is 2.22. The fraction of sp³-hybridized carbons (Fsp3) is 0.500. The molecule has 1 atom stereocenters. The maximum atomic E-state index is 11.7. The Morgan fingerprint density at radius 3 is 3.08 bits per heavy atom. The Bertz CT molecular complexity index is 318. The zero-order chi connectivity index (χ0) is 9.31. The van der Waals surface area contributed by atoms with Crippen LogP contribution in [0.4, 0.5) is 0 Å². The van der Waals surface area contributed by atoms with Gasteiger partial charge in [0.25, 0.3) is 0 Å². The molecule has 0 aromatic carbocycles. The molecular formula is C8H11N3OS. The lowest BCUT2D eigenvalue weighted by Gasteiger charge is -2.41. The lowest BCUT2D eigenvalue weighted by atomic mass is 10.1. The van der Waals surface area contributed by atoms with Gasteiger partial charge in [0.15, 0.2) is 0 Å². The van der Waals surface area contributed by atoms with E-state index in [-0.39, 0.29) is 4.65 Å². The zero-order valence-corrected chi connectivity index (χ0v) is 8.25. The van der Waals surface area contributed by atoms with Crippen LogP contribution in [0.25, 0.3) is 5.57 Å². The second-order valence-electron chi connectivity index (χ2n) is 3.49. The molecule has 0 radical (unpaired) electrons. The molecule has 1 aliphatic rings. The Morgan fingerprint density at radius 1 is 1.62 bits per heavy atom. The zero-order valence-electron chi connectivity index (χ0n) is 7.43. The first-order valence-corrected chi connectivity index (χ1v) is 4.93. The minimum atomic E-state index is -0.191. The van der Waals surface area contributed by atoms with Crippen molar-refractivity contribution in [2.45, 2.75) is 6.42 Å². The van der Waals surface area contributed by atoms with E-state index in [9.17, 15) is 5.21 Å². The summed E-state index contributed by atoms with van der Waals surface area (Å²) >= 11 is 1.18. The molecule has 0 aliphatic carbocycles. The van der Waals surface area contributed by atoms with Crippen molar-refractivity contribution >= 4 is 17.3 Å². The molecule has 2 heterocycles. The van der Waals surface area contributed by atoms with Crippen LogP contribution in [0.15, 0.2) is 12.3 Å². The smallest absolute Gasteiger partial charge is 0.106 e. The number of aromatic nitrogens is 2. The Morgan fingerprint density at radius 2 is 2.46 bits per heavy atom. The van der Waals surface area contributed by atoms with E-state index >= 15 is 0 Å². The van der Waals surface area contributed by atoms with Crippen LogP contribution in [0.2, 0.25) is 0 Å². The van der Waals surface area contributed by atoms with Crippen LogP contribution in [-0.2, 0) is 0 Å². The van der Waals surface area contributed by atoms with Crippen molar-refractivity contribution < 1.29 is 4.65 Å². The fourth-order valence-electron chi connectivity index (χ4n) is 1.51. The van der Waals surface area contributed by atoms with Gasteiger partial charge < -0.3 is 9.85 Å². The van der Waals surface area contributed by atoms with Gasteiger partial charge in [-0.3, -0.25) is 0 Å². The summed E-state index contributed by atoms with van der Waals surface area (Å²) in [6.07, 6.45) is 4.66. The van der Waals surface area contributed by atoms with Crippen molar-refractivity contribution in [1.29, 1.82) is 0 Å². The van der Waals surface area contributed by atoms with Crippen LogP contribution in [0.5, 0.6) is 0 Å². The van der Waals surface area contributed by atoms with Gasteiger partial charge in [-0.15, -0.1) is 0 Å². The molecule has 0 saturated heterocycles. The maximum absolute atomic E-state index is 11.7. The number of rotatable bonds is 1. The maximum Gasteiger partial charge on any atom is 0.106 e. The van der Waals surface area contributed by atoms with Crippen molar-refractivity contribution in [2.24, 2.45) is 0 Å². The van der Waals surface area contributed by atoms with E-state index in [2.05, 4.69) is 14.8 Å². The van der Waals surface area contributed by atoms with Crippen molar-refractivity contribution in [3.05, 3.63) is 23.2 Å². The highest BCUT2D eigenvalue weighted by atomic mass is 32.1. The number of hydroxylamine groups is 3. The summed E-state index contributed by atoms with van der Waals surface area (Å²) in [5, 5.41) is 11.7. The average molecular weight is 197 g/mol. The minimum Gasteiger partial charge on any atom is -0.633 e. The van der Waals surface area contributed by atoms with E-state index in [1.54, 1.807) is 13.2 Å². The molecule has 70 valence electrons. The second kappa shape index (κ2) is 3.17. The molecule has 0 bridgehead atoms. The molecule has 0 amide bonds. The molecule has 2 rings (SSSR count). The summed E-state index contributed by atoms with van der Waals surface area (Å²) in [5.41, 5.74) is 1.91. The molecular weight excluding hydrogens is 186 g/mol. The number of quaternary nitrogens is 1. The third kappa shape index (κ3) is 1.93. The van der Waals surface area contributed by atoms with Crippen LogP contribution in [0.1, 0.15) is 12.1 Å². The Balaban J connectivity index is 2.22. The van der Waals surface area contributed by atoms with Crippen molar-refractivity contribution in [2.75, 3.05) is 20.1 Å². The minimum absolute atomic E-state index is 0.191. The number of nitrogens with zero attached hydrogens (tertiary/aromatic N) is 3. The lowest BCUT2D eigenvalue weighted by Crippen LogP contribution is -2.41. The van der Waals surface area contributed by atoms with Gasteiger partial charge >= 0.3 is 0 Å². The van der Waals surface area contributed by atoms with Crippen LogP contribution in [0, 0.1) is 5.21 Å². The third-order valence-corrected chi connectivity index (χ3v) is 2.67. The van der Waals surface area contributed by atoms with E-state index in [1.165, 1.54) is 11.7 Å². The summed E-state index contributed by atoms with van der Waals surface area (Å²) < 4.78 is 7.85. The highest BCUT2D eigenvalue weighted by Gasteiger charge is 2.19. The normalized spacial score (nSPS) is 28.6. The monoisotopic (exact) mass is 197 g/mol. The van der Waals surface area contributed by atoms with E-state index in [0.717, 1.165) is 17.7 Å². The standard InChI is InChI=1S/C8H11N3OS/c1-11(12)4-2-3-7(6-11)8-5-9-13-10-8/h3,5H,2,4,6H2,1H3. The van der Waals surface area contributed by atoms with Gasteiger partial charge in [-0.1, -0.05) is 6.08 Å². The summed E-state index contributed by atoms with van der Waals surface area (Å²) in [6, 6.07) is 0. The van der Waals surface area contributed by atoms with Crippen LogP contribution in [0.3, 0.4) is 0 Å². The van der Waals surface area contributed by atoms with E-state index < -0.39 is 0 Å². The van der Waals surface area contributed by atoms with Gasteiger partial charge in [0, 0.05) is 12.0 Å². The first-order valence-electron chi connectivity index (χ1n) is 4.20. The van der Waals surface area contributed by atoms with Crippen molar-refractivity contribution in [1.82, 2.24) is 8.75 Å². The first-order chi connectivity index (χ1) is 6.17. The predicted octanol–water partition coefficient (Wildman–Crippen LogP) is 1.27. The quantitative estimate of drug-likeness (QED) is 0.503. The van der Waals surface area contributed by atoms with Crippen molar-refractivity contribution in [3.63, 3.8) is 0 Å². The van der Waals surface area contributed by atoms with Crippen LogP contribution in [-0.4, -0.2) is 33.5 Å². The molecule has 0 spiro atoms. The van der Waals surface area contributed by atoms with E-state index in [4.69, 9.17) is 0 Å². The van der Waals surface area contributed by atoms with Crippen LogP contribution < -0.4 is 0 Å². The molecule has 0 N–H and O–H groups in total. The topological polar surface area (TPSA) is 48.8 Å². The van der Waals surface area contributed by atoms with Gasteiger partial charge in [-0.05, 0) is 0 Å². The third-order valence-electron chi connectivity index (χ3n) is 2.19. The van der Waals surface area contributed by atoms with Gasteiger partial charge in [0.05, 0.1) is 31.5 Å². The molecule has 1 aromatic rings. The molecule has 5 heteroatoms. The van der Waals surface area contributed by atoms with Gasteiger partial charge in [0.2, 0.25) is 0 Å². The molecule has 0 fully saturated rings. The number of hydrogen-bond acceptors (Lipinski definition) is 4. The summed E-state index contributed by atoms with van der Waals surface area (Å²) in [7, 11) is 1.70. The predicted molar refractivity (Wildman–Crippen MR) is 51.8 cm³/mol. The Hall–Kier alpha value is -0.780. The summed E-state index contributed by atoms with van der Waals surface area (Å²) in [4.78, 5) is 0. The van der Waals surface area contributed by atoms with Gasteiger partial charge in [0.1, 0.15) is 12.2 Å². The largest absolute Gasteiger partial charge is 0.633 e. The van der Waals surface area contributed by atoms with Crippen LogP contribution >= 0.6 is 11.7 Å². The van der Waals surface area contributed by atoms with E-state index in [1.807, 2.05) is 0 Å². The van der Waals surface area contributed by atoms with Gasteiger partial charge in [-0.25, -0.2) is 0 Å². The van der Waals surface area contributed by atoms with Crippen molar-refractivity contribution in [3.8, 4) is 0 Å². The molecule has 1 aromatic heterocycles. The van der Waals surface area contributed by atoms with Gasteiger partial charge in [-0.2, -0.15) is 8.75 Å². The molecule has 13 heavy (non-hydrogen) atoms. The summed E-state index contributed by atoms with van der Waals surface area (Å²) in [5.74, 6) is 0. The second-order valence-corrected chi connectivity index (χ2v) is 4.05. The van der Waals surface area contributed by atoms with E-state index in [0.29, 0.717) is 13.1 Å². The average Bonchev–Trinajstić information content (AvgIpc) is 2.53.